The summed E-state index contributed by atoms with van der Waals surface area (Å²) in [7, 11) is 0. The standard InChI is InChI=1S/C14H12Cl2FN/c1-9-5-6-10(7-13(9)16)18-8-11-12(15)3-2-4-14(11)17/h2-7,18H,8H2,1H3. The van der Waals surface area contributed by atoms with Crippen molar-refractivity contribution >= 4 is 28.9 Å². The molecule has 4 heteroatoms. The molecule has 0 aliphatic heterocycles. The van der Waals surface area contributed by atoms with E-state index in [0.717, 1.165) is 11.3 Å². The second-order valence-corrected chi connectivity index (χ2v) is 4.83. The van der Waals surface area contributed by atoms with Gasteiger partial charge in [-0.3, -0.25) is 0 Å². The third-order valence-corrected chi connectivity index (χ3v) is 3.46. The topological polar surface area (TPSA) is 12.0 Å². The maximum absolute atomic E-state index is 13.5. The SMILES string of the molecule is Cc1ccc(NCc2c(F)cccc2Cl)cc1Cl. The summed E-state index contributed by atoms with van der Waals surface area (Å²) >= 11 is 12.0. The molecule has 0 unspecified atom stereocenters. The van der Waals surface area contributed by atoms with Gasteiger partial charge in [-0.25, -0.2) is 4.39 Å². The fourth-order valence-corrected chi connectivity index (χ4v) is 2.00. The molecule has 0 bridgehead atoms. The van der Waals surface area contributed by atoms with E-state index >= 15 is 0 Å². The second kappa shape index (κ2) is 5.59. The van der Waals surface area contributed by atoms with Crippen molar-refractivity contribution in [1.82, 2.24) is 0 Å². The number of hydrogen-bond donors (Lipinski definition) is 1. The van der Waals surface area contributed by atoms with Gasteiger partial charge in [0.2, 0.25) is 0 Å². The van der Waals surface area contributed by atoms with Crippen LogP contribution < -0.4 is 5.32 Å². The quantitative estimate of drug-likeness (QED) is 0.831. The highest BCUT2D eigenvalue weighted by molar-refractivity contribution is 6.31. The maximum atomic E-state index is 13.5. The van der Waals surface area contributed by atoms with Gasteiger partial charge in [-0.15, -0.1) is 0 Å². The van der Waals surface area contributed by atoms with Crippen LogP contribution in [0, 0.1) is 12.7 Å². The van der Waals surface area contributed by atoms with Gasteiger partial charge in [-0.2, -0.15) is 0 Å². The Morgan fingerprint density at radius 2 is 1.89 bits per heavy atom. The predicted molar refractivity (Wildman–Crippen MR) is 74.9 cm³/mol. The Balaban J connectivity index is 2.14. The highest BCUT2D eigenvalue weighted by Crippen LogP contribution is 2.23. The van der Waals surface area contributed by atoms with Crippen molar-refractivity contribution in [3.05, 3.63) is 63.4 Å². The zero-order chi connectivity index (χ0) is 13.1. The fraction of sp³-hybridized carbons (Fsp3) is 0.143. The largest absolute Gasteiger partial charge is 0.381 e. The molecule has 0 fully saturated rings. The van der Waals surface area contributed by atoms with Crippen LogP contribution in [0.2, 0.25) is 10.0 Å². The van der Waals surface area contributed by atoms with Gasteiger partial charge in [0, 0.05) is 27.8 Å². The monoisotopic (exact) mass is 283 g/mol. The van der Waals surface area contributed by atoms with Crippen LogP contribution in [0.15, 0.2) is 36.4 Å². The minimum atomic E-state index is -0.312. The number of nitrogens with one attached hydrogen (secondary N) is 1. The molecular formula is C14H12Cl2FN. The molecule has 0 aliphatic rings. The molecule has 2 rings (SSSR count). The van der Waals surface area contributed by atoms with Gasteiger partial charge in [0.1, 0.15) is 5.82 Å². The summed E-state index contributed by atoms with van der Waals surface area (Å²) < 4.78 is 13.5. The van der Waals surface area contributed by atoms with Gasteiger partial charge in [-0.1, -0.05) is 35.3 Å². The number of halogens is 3. The number of rotatable bonds is 3. The minimum Gasteiger partial charge on any atom is -0.381 e. The van der Waals surface area contributed by atoms with Crippen LogP contribution in [-0.4, -0.2) is 0 Å². The molecule has 0 saturated carbocycles. The Kier molecular flexibility index (Phi) is 4.10. The molecule has 1 nitrogen and oxygen atoms in total. The van der Waals surface area contributed by atoms with Crippen molar-refractivity contribution in [1.29, 1.82) is 0 Å². The minimum absolute atomic E-state index is 0.312. The van der Waals surface area contributed by atoms with Crippen molar-refractivity contribution in [2.45, 2.75) is 13.5 Å². The molecule has 0 aliphatic carbocycles. The summed E-state index contributed by atoms with van der Waals surface area (Å²) in [4.78, 5) is 0. The first-order valence-electron chi connectivity index (χ1n) is 5.51. The summed E-state index contributed by atoms with van der Waals surface area (Å²) in [5, 5.41) is 4.20. The molecule has 0 spiro atoms. The first-order valence-corrected chi connectivity index (χ1v) is 6.26. The van der Waals surface area contributed by atoms with E-state index in [1.165, 1.54) is 6.07 Å². The van der Waals surface area contributed by atoms with Gasteiger partial charge in [-0.05, 0) is 36.8 Å². The van der Waals surface area contributed by atoms with E-state index in [0.29, 0.717) is 22.2 Å². The summed E-state index contributed by atoms with van der Waals surface area (Å²) in [6.07, 6.45) is 0. The van der Waals surface area contributed by atoms with E-state index in [2.05, 4.69) is 5.32 Å². The average molecular weight is 284 g/mol. The normalized spacial score (nSPS) is 10.4. The van der Waals surface area contributed by atoms with Gasteiger partial charge >= 0.3 is 0 Å². The van der Waals surface area contributed by atoms with Crippen molar-refractivity contribution in [2.24, 2.45) is 0 Å². The molecular weight excluding hydrogens is 272 g/mol. The highest BCUT2D eigenvalue weighted by atomic mass is 35.5. The Morgan fingerprint density at radius 3 is 2.56 bits per heavy atom. The number of hydrogen-bond acceptors (Lipinski definition) is 1. The predicted octanol–water partition coefficient (Wildman–Crippen LogP) is 5.05. The molecule has 0 heterocycles. The Labute approximate surface area is 116 Å². The van der Waals surface area contributed by atoms with Crippen molar-refractivity contribution < 1.29 is 4.39 Å². The molecule has 0 radical (unpaired) electrons. The third kappa shape index (κ3) is 2.95. The Morgan fingerprint density at radius 1 is 1.11 bits per heavy atom. The smallest absolute Gasteiger partial charge is 0.129 e. The van der Waals surface area contributed by atoms with Crippen LogP contribution >= 0.6 is 23.2 Å². The van der Waals surface area contributed by atoms with E-state index in [1.54, 1.807) is 12.1 Å². The van der Waals surface area contributed by atoms with E-state index in [4.69, 9.17) is 23.2 Å². The van der Waals surface area contributed by atoms with E-state index in [1.807, 2.05) is 25.1 Å². The zero-order valence-electron chi connectivity index (χ0n) is 9.81. The molecule has 0 amide bonds. The van der Waals surface area contributed by atoms with Crippen LogP contribution in [0.4, 0.5) is 10.1 Å². The summed E-state index contributed by atoms with van der Waals surface area (Å²) in [5.41, 5.74) is 2.30. The lowest BCUT2D eigenvalue weighted by Gasteiger charge is -2.10. The highest BCUT2D eigenvalue weighted by Gasteiger charge is 2.06. The van der Waals surface area contributed by atoms with Crippen LogP contribution in [0.1, 0.15) is 11.1 Å². The van der Waals surface area contributed by atoms with Crippen molar-refractivity contribution in [3.63, 3.8) is 0 Å². The van der Waals surface area contributed by atoms with Gasteiger partial charge < -0.3 is 5.32 Å². The first-order chi connectivity index (χ1) is 8.58. The van der Waals surface area contributed by atoms with Crippen LogP contribution in [0.3, 0.4) is 0 Å². The number of aryl methyl sites for hydroxylation is 1. The lowest BCUT2D eigenvalue weighted by molar-refractivity contribution is 0.613. The molecule has 94 valence electrons. The summed E-state index contributed by atoms with van der Waals surface area (Å²) in [6, 6.07) is 10.3. The second-order valence-electron chi connectivity index (χ2n) is 4.02. The average Bonchev–Trinajstić information content (AvgIpc) is 2.33. The van der Waals surface area contributed by atoms with Crippen LogP contribution in [0.5, 0.6) is 0 Å². The molecule has 18 heavy (non-hydrogen) atoms. The van der Waals surface area contributed by atoms with E-state index < -0.39 is 0 Å². The maximum Gasteiger partial charge on any atom is 0.129 e. The van der Waals surface area contributed by atoms with Crippen LogP contribution in [0.25, 0.3) is 0 Å². The molecule has 1 N–H and O–H groups in total. The summed E-state index contributed by atoms with van der Waals surface area (Å²) in [5.74, 6) is -0.312. The molecule has 0 aromatic heterocycles. The van der Waals surface area contributed by atoms with E-state index in [9.17, 15) is 4.39 Å². The molecule has 2 aromatic carbocycles. The molecule has 0 saturated heterocycles. The van der Waals surface area contributed by atoms with Gasteiger partial charge in [0.25, 0.3) is 0 Å². The van der Waals surface area contributed by atoms with Gasteiger partial charge in [0.05, 0.1) is 0 Å². The third-order valence-electron chi connectivity index (χ3n) is 2.70. The summed E-state index contributed by atoms with van der Waals surface area (Å²) in [6.45, 7) is 2.25. The van der Waals surface area contributed by atoms with Crippen molar-refractivity contribution in [3.8, 4) is 0 Å². The Hall–Kier alpha value is -1.25. The number of benzene rings is 2. The molecule has 2 aromatic rings. The Bertz CT molecular complexity index is 549. The fourth-order valence-electron chi connectivity index (χ4n) is 1.59. The first kappa shape index (κ1) is 13.2. The lowest BCUT2D eigenvalue weighted by Crippen LogP contribution is -2.02. The van der Waals surface area contributed by atoms with E-state index in [-0.39, 0.29) is 5.82 Å². The number of anilines is 1. The van der Waals surface area contributed by atoms with Crippen molar-refractivity contribution in [2.75, 3.05) is 5.32 Å². The zero-order valence-corrected chi connectivity index (χ0v) is 11.3. The van der Waals surface area contributed by atoms with Gasteiger partial charge in [0.15, 0.2) is 0 Å². The lowest BCUT2D eigenvalue weighted by atomic mass is 10.2. The van der Waals surface area contributed by atoms with Crippen LogP contribution in [-0.2, 0) is 6.54 Å². The molecule has 0 atom stereocenters.